The highest BCUT2D eigenvalue weighted by Gasteiger charge is 2.22. The molecule has 1 aliphatic rings. The summed E-state index contributed by atoms with van der Waals surface area (Å²) < 4.78 is 0. The molecule has 0 saturated carbocycles. The van der Waals surface area contributed by atoms with E-state index >= 15 is 0 Å². The molecule has 0 saturated heterocycles. The van der Waals surface area contributed by atoms with Crippen molar-refractivity contribution < 1.29 is 4.79 Å². The van der Waals surface area contributed by atoms with E-state index in [1.807, 2.05) is 17.0 Å². The van der Waals surface area contributed by atoms with E-state index in [4.69, 9.17) is 0 Å². The number of thiophene rings is 1. The lowest BCUT2D eigenvalue weighted by molar-refractivity contribution is 0.0736. The van der Waals surface area contributed by atoms with Crippen LogP contribution < -0.4 is 0 Å². The van der Waals surface area contributed by atoms with E-state index in [9.17, 15) is 4.79 Å². The summed E-state index contributed by atoms with van der Waals surface area (Å²) in [5.74, 6) is 0.157. The average molecular weight is 285 g/mol. The summed E-state index contributed by atoms with van der Waals surface area (Å²) in [6.45, 7) is 3.77. The van der Waals surface area contributed by atoms with Crippen LogP contribution in [-0.4, -0.2) is 17.4 Å². The van der Waals surface area contributed by atoms with Crippen LogP contribution in [0.5, 0.6) is 0 Å². The fourth-order valence-corrected chi connectivity index (χ4v) is 3.60. The second kappa shape index (κ2) is 5.80. The maximum absolute atomic E-state index is 12.5. The Morgan fingerprint density at radius 2 is 2.05 bits per heavy atom. The Labute approximate surface area is 124 Å². The molecule has 0 unspecified atom stereocenters. The number of carbonyl (C=O) groups excluding carboxylic acids is 1. The van der Waals surface area contributed by atoms with Crippen LogP contribution in [0.1, 0.15) is 39.7 Å². The molecule has 0 spiro atoms. The van der Waals surface area contributed by atoms with Crippen molar-refractivity contribution in [3.63, 3.8) is 0 Å². The first-order valence-electron chi connectivity index (χ1n) is 7.21. The topological polar surface area (TPSA) is 20.3 Å². The molecule has 3 heteroatoms. The van der Waals surface area contributed by atoms with Gasteiger partial charge < -0.3 is 4.90 Å². The summed E-state index contributed by atoms with van der Waals surface area (Å²) in [5, 5.41) is 2.12. The third kappa shape index (κ3) is 2.63. The zero-order valence-corrected chi connectivity index (χ0v) is 12.6. The van der Waals surface area contributed by atoms with Crippen LogP contribution in [0.4, 0.5) is 0 Å². The SMILES string of the molecule is CCCc1ccc(C(=O)N2CCc3sccc3C2)cc1. The predicted octanol–water partition coefficient (Wildman–Crippen LogP) is 3.90. The minimum Gasteiger partial charge on any atom is -0.334 e. The van der Waals surface area contributed by atoms with E-state index in [-0.39, 0.29) is 5.91 Å². The number of hydrogen-bond acceptors (Lipinski definition) is 2. The van der Waals surface area contributed by atoms with Crippen molar-refractivity contribution in [3.8, 4) is 0 Å². The highest BCUT2D eigenvalue weighted by molar-refractivity contribution is 7.10. The Morgan fingerprint density at radius 1 is 1.25 bits per heavy atom. The van der Waals surface area contributed by atoms with Crippen molar-refractivity contribution in [1.82, 2.24) is 4.90 Å². The number of rotatable bonds is 3. The molecule has 1 aliphatic heterocycles. The van der Waals surface area contributed by atoms with E-state index in [0.29, 0.717) is 0 Å². The van der Waals surface area contributed by atoms with Crippen LogP contribution >= 0.6 is 11.3 Å². The molecule has 2 aromatic rings. The number of carbonyl (C=O) groups is 1. The van der Waals surface area contributed by atoms with Crippen molar-refractivity contribution in [2.75, 3.05) is 6.54 Å². The van der Waals surface area contributed by atoms with Crippen LogP contribution in [0, 0.1) is 0 Å². The minimum atomic E-state index is 0.157. The Balaban J connectivity index is 1.73. The molecule has 0 atom stereocenters. The molecule has 0 aliphatic carbocycles. The standard InChI is InChI=1S/C17H19NOS/c1-2-3-13-4-6-14(7-5-13)17(19)18-10-8-16-15(12-18)9-11-20-16/h4-7,9,11H,2-3,8,10,12H2,1H3. The zero-order chi connectivity index (χ0) is 13.9. The van der Waals surface area contributed by atoms with Gasteiger partial charge in [-0.1, -0.05) is 25.5 Å². The fraction of sp³-hybridized carbons (Fsp3) is 0.353. The van der Waals surface area contributed by atoms with Crippen molar-refractivity contribution in [2.45, 2.75) is 32.7 Å². The number of fused-ring (bicyclic) bond motifs is 1. The third-order valence-corrected chi connectivity index (χ3v) is 4.86. The van der Waals surface area contributed by atoms with Gasteiger partial charge in [-0.2, -0.15) is 0 Å². The number of nitrogens with zero attached hydrogens (tertiary/aromatic N) is 1. The van der Waals surface area contributed by atoms with Gasteiger partial charge in [0.05, 0.1) is 0 Å². The van der Waals surface area contributed by atoms with Gasteiger partial charge in [-0.3, -0.25) is 4.79 Å². The van der Waals surface area contributed by atoms with Crippen molar-refractivity contribution >= 4 is 17.2 Å². The molecule has 0 radical (unpaired) electrons. The van der Waals surface area contributed by atoms with Gasteiger partial charge in [0.25, 0.3) is 5.91 Å². The molecule has 3 rings (SSSR count). The Kier molecular flexibility index (Phi) is 3.88. The lowest BCUT2D eigenvalue weighted by atomic mass is 10.1. The lowest BCUT2D eigenvalue weighted by Gasteiger charge is -2.27. The number of aryl methyl sites for hydroxylation is 1. The molecule has 0 fully saturated rings. The molecule has 2 heterocycles. The van der Waals surface area contributed by atoms with E-state index in [1.165, 1.54) is 16.0 Å². The average Bonchev–Trinajstić information content (AvgIpc) is 2.95. The van der Waals surface area contributed by atoms with Gasteiger partial charge >= 0.3 is 0 Å². The van der Waals surface area contributed by atoms with Gasteiger partial charge in [0.2, 0.25) is 0 Å². The number of benzene rings is 1. The lowest BCUT2D eigenvalue weighted by Crippen LogP contribution is -2.35. The summed E-state index contributed by atoms with van der Waals surface area (Å²) in [4.78, 5) is 15.9. The summed E-state index contributed by atoms with van der Waals surface area (Å²) in [6, 6.07) is 10.2. The Hall–Kier alpha value is -1.61. The maximum Gasteiger partial charge on any atom is 0.254 e. The molecule has 1 aromatic heterocycles. The minimum absolute atomic E-state index is 0.157. The molecular weight excluding hydrogens is 266 g/mol. The predicted molar refractivity (Wildman–Crippen MR) is 83.2 cm³/mol. The van der Waals surface area contributed by atoms with Gasteiger partial charge in [-0.05, 0) is 47.5 Å². The Morgan fingerprint density at radius 3 is 2.80 bits per heavy atom. The van der Waals surface area contributed by atoms with Gasteiger partial charge in [0, 0.05) is 23.5 Å². The number of amides is 1. The van der Waals surface area contributed by atoms with Crippen LogP contribution in [0.15, 0.2) is 35.7 Å². The van der Waals surface area contributed by atoms with E-state index in [0.717, 1.165) is 37.9 Å². The first-order chi connectivity index (χ1) is 9.78. The largest absolute Gasteiger partial charge is 0.334 e. The summed E-state index contributed by atoms with van der Waals surface area (Å²) >= 11 is 1.80. The van der Waals surface area contributed by atoms with Crippen molar-refractivity contribution in [3.05, 3.63) is 57.3 Å². The smallest absolute Gasteiger partial charge is 0.254 e. The molecule has 0 bridgehead atoms. The normalized spacial score (nSPS) is 14.2. The summed E-state index contributed by atoms with van der Waals surface area (Å²) in [7, 11) is 0. The molecule has 104 valence electrons. The maximum atomic E-state index is 12.5. The second-order valence-corrected chi connectivity index (χ2v) is 6.29. The first kappa shape index (κ1) is 13.4. The molecule has 0 N–H and O–H groups in total. The number of hydrogen-bond donors (Lipinski definition) is 0. The molecule has 20 heavy (non-hydrogen) atoms. The van der Waals surface area contributed by atoms with E-state index in [1.54, 1.807) is 11.3 Å². The molecule has 2 nitrogen and oxygen atoms in total. The van der Waals surface area contributed by atoms with Crippen LogP contribution in [0.3, 0.4) is 0 Å². The summed E-state index contributed by atoms with van der Waals surface area (Å²) in [6.07, 6.45) is 3.21. The first-order valence-corrected chi connectivity index (χ1v) is 8.09. The van der Waals surface area contributed by atoms with Crippen LogP contribution in [0.25, 0.3) is 0 Å². The third-order valence-electron chi connectivity index (χ3n) is 3.83. The quantitative estimate of drug-likeness (QED) is 0.837. The second-order valence-electron chi connectivity index (χ2n) is 5.29. The Bertz CT molecular complexity index is 600. The highest BCUT2D eigenvalue weighted by Crippen LogP contribution is 2.25. The molecular formula is C17H19NOS. The molecule has 1 aromatic carbocycles. The van der Waals surface area contributed by atoms with Gasteiger partial charge in [-0.15, -0.1) is 11.3 Å². The van der Waals surface area contributed by atoms with Gasteiger partial charge in [0.1, 0.15) is 0 Å². The fourth-order valence-electron chi connectivity index (χ4n) is 2.71. The highest BCUT2D eigenvalue weighted by atomic mass is 32.1. The molecule has 1 amide bonds. The van der Waals surface area contributed by atoms with Crippen molar-refractivity contribution in [2.24, 2.45) is 0 Å². The van der Waals surface area contributed by atoms with E-state index < -0.39 is 0 Å². The van der Waals surface area contributed by atoms with Gasteiger partial charge in [-0.25, -0.2) is 0 Å². The van der Waals surface area contributed by atoms with Gasteiger partial charge in [0.15, 0.2) is 0 Å². The summed E-state index contributed by atoms with van der Waals surface area (Å²) in [5.41, 5.74) is 3.43. The zero-order valence-electron chi connectivity index (χ0n) is 11.8. The van der Waals surface area contributed by atoms with Crippen molar-refractivity contribution in [1.29, 1.82) is 0 Å². The van der Waals surface area contributed by atoms with E-state index in [2.05, 4.69) is 30.5 Å². The monoisotopic (exact) mass is 285 g/mol. The van der Waals surface area contributed by atoms with Crippen LogP contribution in [0.2, 0.25) is 0 Å². The van der Waals surface area contributed by atoms with Crippen LogP contribution in [-0.2, 0) is 19.4 Å².